The monoisotopic (exact) mass is 162 g/mol. The summed E-state index contributed by atoms with van der Waals surface area (Å²) in [7, 11) is 0. The summed E-state index contributed by atoms with van der Waals surface area (Å²) in [5.41, 5.74) is 2.55. The van der Waals surface area contributed by atoms with Gasteiger partial charge in [-0.3, -0.25) is 0 Å². The molecule has 2 aromatic rings. The molecule has 0 aromatic heterocycles. The van der Waals surface area contributed by atoms with Crippen LogP contribution in [0.5, 0.6) is 0 Å². The first-order valence-corrected chi connectivity index (χ1v) is 4.07. The van der Waals surface area contributed by atoms with Crippen LogP contribution in [0.25, 0.3) is 11.1 Å². The van der Waals surface area contributed by atoms with Crippen molar-refractivity contribution >= 4 is 18.9 Å². The Hall–Kier alpha value is -0.963. The zero-order valence-electron chi connectivity index (χ0n) is 6.77. The van der Waals surface area contributed by atoms with Gasteiger partial charge in [-0.2, -0.15) is 0 Å². The average molecular weight is 162 g/mol. The fourth-order valence-electron chi connectivity index (χ4n) is 1.26. The van der Waals surface area contributed by atoms with E-state index in [0.29, 0.717) is 0 Å². The van der Waals surface area contributed by atoms with E-state index in [1.54, 1.807) is 0 Å². The van der Waals surface area contributed by atoms with Crippen LogP contribution in [0.15, 0.2) is 60.7 Å². The largest absolute Gasteiger partial charge is 0.0622 e. The van der Waals surface area contributed by atoms with Gasteiger partial charge in [0.2, 0.25) is 0 Å². The Morgan fingerprint density at radius 3 is 1.08 bits per heavy atom. The van der Waals surface area contributed by atoms with Crippen LogP contribution in [0, 0.1) is 0 Å². The van der Waals surface area contributed by atoms with Gasteiger partial charge in [0, 0.05) is 0 Å². The minimum Gasteiger partial charge on any atom is -0.0622 e. The first-order valence-electron chi connectivity index (χ1n) is 4.07. The van der Waals surface area contributed by atoms with E-state index in [-0.39, 0.29) is 18.9 Å². The molecule has 0 radical (unpaired) electrons. The molecule has 0 spiro atoms. The quantitative estimate of drug-likeness (QED) is 0.565. The van der Waals surface area contributed by atoms with E-state index in [2.05, 4.69) is 48.5 Å². The maximum atomic E-state index is 2.12. The molecule has 2 rings (SSSR count). The molecule has 0 unspecified atom stereocenters. The number of hydrogen-bond donors (Lipinski definition) is 0. The number of hydrogen-bond acceptors (Lipinski definition) is 0. The molecule has 0 saturated carbocycles. The molecular weight excluding hydrogens is 151 g/mol. The third-order valence-corrected chi connectivity index (χ3v) is 1.88. The summed E-state index contributed by atoms with van der Waals surface area (Å²) in [6, 6.07) is 20.8. The van der Waals surface area contributed by atoms with Crippen LogP contribution >= 0.6 is 0 Å². The fraction of sp³-hybridized carbons (Fsp3) is 0. The van der Waals surface area contributed by atoms with Crippen molar-refractivity contribution in [3.63, 3.8) is 0 Å². The van der Waals surface area contributed by atoms with Crippen molar-refractivity contribution in [3.8, 4) is 11.1 Å². The second kappa shape index (κ2) is 4.92. The molecule has 0 N–H and O–H groups in total. The van der Waals surface area contributed by atoms with Gasteiger partial charge >= 0.3 is 18.9 Å². The van der Waals surface area contributed by atoms with Gasteiger partial charge in [0.25, 0.3) is 0 Å². The number of rotatable bonds is 1. The Kier molecular flexibility index (Phi) is 3.83. The zero-order valence-corrected chi connectivity index (χ0v) is 6.77. The molecule has 0 fully saturated rings. The summed E-state index contributed by atoms with van der Waals surface area (Å²) in [5, 5.41) is 0. The first kappa shape index (κ1) is 10.1. The third kappa shape index (κ3) is 2.49. The van der Waals surface area contributed by atoms with Crippen LogP contribution in [0.1, 0.15) is 0 Å². The van der Waals surface area contributed by atoms with E-state index in [4.69, 9.17) is 0 Å². The Balaban J connectivity index is 0.000000845. The van der Waals surface area contributed by atoms with Crippen molar-refractivity contribution in [2.24, 2.45) is 0 Å². The molecule has 0 heterocycles. The van der Waals surface area contributed by atoms with Gasteiger partial charge in [0.05, 0.1) is 0 Å². The van der Waals surface area contributed by atoms with Gasteiger partial charge < -0.3 is 0 Å². The Bertz CT molecular complexity index is 303. The Morgan fingerprint density at radius 2 is 0.769 bits per heavy atom. The van der Waals surface area contributed by atoms with Gasteiger partial charge in [-0.1, -0.05) is 60.7 Å². The summed E-state index contributed by atoms with van der Waals surface area (Å²) < 4.78 is 0. The summed E-state index contributed by atoms with van der Waals surface area (Å²) in [6.07, 6.45) is 0. The molecule has 0 aliphatic heterocycles. The van der Waals surface area contributed by atoms with Crippen LogP contribution < -0.4 is 0 Å². The molecular formula is C12H11Li. The fourth-order valence-corrected chi connectivity index (χ4v) is 1.26. The van der Waals surface area contributed by atoms with Crippen LogP contribution in [-0.4, -0.2) is 18.9 Å². The normalized spacial score (nSPS) is 8.92. The van der Waals surface area contributed by atoms with Crippen molar-refractivity contribution in [3.05, 3.63) is 60.7 Å². The maximum Gasteiger partial charge on any atom is -0.0184 e. The van der Waals surface area contributed by atoms with E-state index in [1.807, 2.05) is 12.1 Å². The zero-order chi connectivity index (χ0) is 8.23. The Labute approximate surface area is 90.8 Å². The van der Waals surface area contributed by atoms with E-state index in [1.165, 1.54) is 11.1 Å². The summed E-state index contributed by atoms with van der Waals surface area (Å²) in [5.74, 6) is 0. The maximum absolute atomic E-state index is 2.12. The molecule has 0 nitrogen and oxygen atoms in total. The molecule has 0 bridgehead atoms. The van der Waals surface area contributed by atoms with Crippen molar-refractivity contribution in [1.29, 1.82) is 0 Å². The second-order valence-electron chi connectivity index (χ2n) is 2.73. The van der Waals surface area contributed by atoms with Crippen LogP contribution in [0.2, 0.25) is 0 Å². The van der Waals surface area contributed by atoms with E-state index < -0.39 is 0 Å². The molecule has 0 aliphatic carbocycles. The van der Waals surface area contributed by atoms with Crippen molar-refractivity contribution in [2.75, 3.05) is 0 Å². The Morgan fingerprint density at radius 1 is 0.462 bits per heavy atom. The topological polar surface area (TPSA) is 0 Å². The van der Waals surface area contributed by atoms with Gasteiger partial charge in [-0.15, -0.1) is 0 Å². The molecule has 60 valence electrons. The van der Waals surface area contributed by atoms with Crippen molar-refractivity contribution in [1.82, 2.24) is 0 Å². The smallest absolute Gasteiger partial charge is 0.0184 e. The van der Waals surface area contributed by atoms with E-state index in [0.717, 1.165) is 0 Å². The van der Waals surface area contributed by atoms with Crippen LogP contribution in [-0.2, 0) is 0 Å². The van der Waals surface area contributed by atoms with E-state index >= 15 is 0 Å². The van der Waals surface area contributed by atoms with Crippen molar-refractivity contribution < 1.29 is 0 Å². The second-order valence-corrected chi connectivity index (χ2v) is 2.73. The van der Waals surface area contributed by atoms with Gasteiger partial charge in [0.1, 0.15) is 0 Å². The number of benzene rings is 2. The summed E-state index contributed by atoms with van der Waals surface area (Å²) in [4.78, 5) is 0. The summed E-state index contributed by atoms with van der Waals surface area (Å²) in [6.45, 7) is 0. The minimum atomic E-state index is 0. The molecule has 0 atom stereocenters. The SMILES string of the molecule is [LiH].c1ccc(-c2ccccc2)cc1. The van der Waals surface area contributed by atoms with E-state index in [9.17, 15) is 0 Å². The molecule has 0 saturated heterocycles. The molecule has 2 aromatic carbocycles. The van der Waals surface area contributed by atoms with Crippen molar-refractivity contribution in [2.45, 2.75) is 0 Å². The van der Waals surface area contributed by atoms with Gasteiger partial charge in [0.15, 0.2) is 0 Å². The molecule has 0 amide bonds. The van der Waals surface area contributed by atoms with Gasteiger partial charge in [-0.05, 0) is 11.1 Å². The van der Waals surface area contributed by atoms with Crippen LogP contribution in [0.4, 0.5) is 0 Å². The average Bonchev–Trinajstić information content (AvgIpc) is 2.21. The first-order chi connectivity index (χ1) is 5.97. The van der Waals surface area contributed by atoms with Crippen LogP contribution in [0.3, 0.4) is 0 Å². The molecule has 13 heavy (non-hydrogen) atoms. The standard InChI is InChI=1S/C12H10.Li.H/c1-3-7-11(8-4-1)12-9-5-2-6-10-12;;/h1-10H;;. The third-order valence-electron chi connectivity index (χ3n) is 1.88. The predicted octanol–water partition coefficient (Wildman–Crippen LogP) is 2.71. The summed E-state index contributed by atoms with van der Waals surface area (Å²) >= 11 is 0. The molecule has 0 aliphatic rings. The minimum absolute atomic E-state index is 0. The van der Waals surface area contributed by atoms with Gasteiger partial charge in [-0.25, -0.2) is 0 Å². The predicted molar refractivity (Wildman–Crippen MR) is 59.0 cm³/mol. The molecule has 1 heteroatoms.